The van der Waals surface area contributed by atoms with Crippen LogP contribution in [0.4, 0.5) is 8.78 Å². The Morgan fingerprint density at radius 1 is 1.12 bits per heavy atom. The number of benzene rings is 2. The number of piperidine rings is 1. The fourth-order valence-corrected chi connectivity index (χ4v) is 4.82. The van der Waals surface area contributed by atoms with E-state index in [-0.39, 0.29) is 23.6 Å². The lowest BCUT2D eigenvalue weighted by Crippen LogP contribution is -2.47. The monoisotopic (exact) mass is 452 g/mol. The van der Waals surface area contributed by atoms with Gasteiger partial charge in [-0.05, 0) is 74.5 Å². The number of aryl methyl sites for hydroxylation is 1. The summed E-state index contributed by atoms with van der Waals surface area (Å²) in [5.74, 6) is -0.936. The van der Waals surface area contributed by atoms with Crippen molar-refractivity contribution in [1.29, 1.82) is 0 Å². The first kappa shape index (κ1) is 23.2. The molecule has 1 atom stereocenters. The highest BCUT2D eigenvalue weighted by atomic mass is 19.1. The maximum atomic E-state index is 14.5. The van der Waals surface area contributed by atoms with Crippen molar-refractivity contribution in [1.82, 2.24) is 9.80 Å². The zero-order chi connectivity index (χ0) is 23.4. The van der Waals surface area contributed by atoms with Crippen LogP contribution >= 0.6 is 0 Å². The number of hydrogen-bond acceptors (Lipinski definition) is 3. The van der Waals surface area contributed by atoms with Crippen molar-refractivity contribution >= 4 is 5.91 Å². The number of nitrogens with zero attached hydrogens (tertiary/aromatic N) is 2. The van der Waals surface area contributed by atoms with E-state index in [4.69, 9.17) is 4.42 Å². The minimum Gasteiger partial charge on any atom is -0.459 e. The lowest BCUT2D eigenvalue weighted by Gasteiger charge is -2.40. The van der Waals surface area contributed by atoms with E-state index in [9.17, 15) is 13.6 Å². The second-order valence-corrected chi connectivity index (χ2v) is 9.00. The fraction of sp³-hybridized carbons (Fsp3) is 0.370. The Hall–Kier alpha value is -2.99. The predicted octanol–water partition coefficient (Wildman–Crippen LogP) is 5.46. The molecule has 2 aromatic carbocycles. The molecule has 4 nitrogen and oxygen atoms in total. The third-order valence-corrected chi connectivity index (χ3v) is 6.66. The van der Waals surface area contributed by atoms with Crippen LogP contribution in [0.1, 0.15) is 40.1 Å². The highest BCUT2D eigenvalue weighted by molar-refractivity contribution is 5.91. The molecule has 0 unspecified atom stereocenters. The maximum absolute atomic E-state index is 14.5. The Bertz CT molecular complexity index is 1080. The van der Waals surface area contributed by atoms with Gasteiger partial charge in [0.1, 0.15) is 11.6 Å². The summed E-state index contributed by atoms with van der Waals surface area (Å²) < 4.78 is 33.2. The lowest BCUT2D eigenvalue weighted by molar-refractivity contribution is 0.0554. The largest absolute Gasteiger partial charge is 0.459 e. The van der Waals surface area contributed by atoms with Gasteiger partial charge in [-0.15, -0.1) is 0 Å². The minimum absolute atomic E-state index is 0.201. The lowest BCUT2D eigenvalue weighted by atomic mass is 9.84. The molecule has 33 heavy (non-hydrogen) atoms. The topological polar surface area (TPSA) is 36.7 Å². The highest BCUT2D eigenvalue weighted by Gasteiger charge is 2.33. The average molecular weight is 453 g/mol. The van der Waals surface area contributed by atoms with Crippen LogP contribution in [0, 0.1) is 24.5 Å². The molecular formula is C27H30F2N2O2. The van der Waals surface area contributed by atoms with E-state index >= 15 is 0 Å². The summed E-state index contributed by atoms with van der Waals surface area (Å²) in [6.45, 7) is 4.81. The third-order valence-electron chi connectivity index (χ3n) is 6.66. The Morgan fingerprint density at radius 2 is 1.91 bits per heavy atom. The number of likely N-dealkylation sites (tertiary alicyclic amines) is 1. The third kappa shape index (κ3) is 5.69. The van der Waals surface area contributed by atoms with Gasteiger partial charge in [0, 0.05) is 25.7 Å². The van der Waals surface area contributed by atoms with Crippen molar-refractivity contribution < 1.29 is 18.0 Å². The zero-order valence-corrected chi connectivity index (χ0v) is 19.1. The average Bonchev–Trinajstić information content (AvgIpc) is 3.33. The second kappa shape index (κ2) is 10.3. The van der Waals surface area contributed by atoms with Crippen LogP contribution in [0.5, 0.6) is 0 Å². The van der Waals surface area contributed by atoms with Crippen molar-refractivity contribution in [3.63, 3.8) is 0 Å². The number of carbonyl (C=O) groups excluding carboxylic acids is 1. The molecule has 0 radical (unpaired) electrons. The molecule has 1 amide bonds. The van der Waals surface area contributed by atoms with Crippen LogP contribution in [0.25, 0.3) is 0 Å². The Balaban J connectivity index is 1.48. The molecule has 1 aliphatic heterocycles. The van der Waals surface area contributed by atoms with E-state index in [1.165, 1.54) is 29.5 Å². The van der Waals surface area contributed by atoms with Crippen LogP contribution in [0.2, 0.25) is 0 Å². The molecule has 0 spiro atoms. The number of hydrogen-bond donors (Lipinski definition) is 0. The van der Waals surface area contributed by atoms with Crippen molar-refractivity contribution in [3.05, 3.63) is 94.9 Å². The van der Waals surface area contributed by atoms with Crippen molar-refractivity contribution in [2.45, 2.75) is 38.8 Å². The fourth-order valence-electron chi connectivity index (χ4n) is 4.82. The van der Waals surface area contributed by atoms with Crippen molar-refractivity contribution in [2.75, 3.05) is 20.1 Å². The summed E-state index contributed by atoms with van der Waals surface area (Å²) in [5.41, 5.74) is 2.97. The predicted molar refractivity (Wildman–Crippen MR) is 124 cm³/mol. The van der Waals surface area contributed by atoms with Crippen LogP contribution < -0.4 is 0 Å². The normalized spacial score (nSPS) is 16.0. The number of halogens is 2. The van der Waals surface area contributed by atoms with Gasteiger partial charge < -0.3 is 9.32 Å². The van der Waals surface area contributed by atoms with Gasteiger partial charge in [-0.25, -0.2) is 8.78 Å². The van der Waals surface area contributed by atoms with Gasteiger partial charge in [-0.3, -0.25) is 9.69 Å². The molecule has 0 saturated carbocycles. The molecule has 4 rings (SSSR count). The number of furan rings is 1. The van der Waals surface area contributed by atoms with Crippen LogP contribution in [-0.4, -0.2) is 41.9 Å². The van der Waals surface area contributed by atoms with Gasteiger partial charge in [0.2, 0.25) is 0 Å². The molecule has 1 fully saturated rings. The van der Waals surface area contributed by atoms with Gasteiger partial charge >= 0.3 is 0 Å². The van der Waals surface area contributed by atoms with Gasteiger partial charge in [-0.1, -0.05) is 35.9 Å². The zero-order valence-electron chi connectivity index (χ0n) is 19.1. The van der Waals surface area contributed by atoms with E-state index in [0.717, 1.165) is 38.5 Å². The summed E-state index contributed by atoms with van der Waals surface area (Å²) in [4.78, 5) is 17.1. The number of amides is 1. The smallest absolute Gasteiger partial charge is 0.289 e. The molecule has 0 aliphatic carbocycles. The molecule has 6 heteroatoms. The van der Waals surface area contributed by atoms with E-state index in [1.807, 2.05) is 0 Å². The highest BCUT2D eigenvalue weighted by Crippen LogP contribution is 2.29. The summed E-state index contributed by atoms with van der Waals surface area (Å²) in [5, 5.41) is 0. The molecule has 2 heterocycles. The Kier molecular flexibility index (Phi) is 7.23. The molecule has 0 N–H and O–H groups in total. The molecular weight excluding hydrogens is 422 g/mol. The second-order valence-electron chi connectivity index (χ2n) is 9.00. The molecule has 0 bridgehead atoms. The molecule has 3 aromatic rings. The van der Waals surface area contributed by atoms with Crippen LogP contribution in [-0.2, 0) is 13.0 Å². The molecule has 1 saturated heterocycles. The minimum atomic E-state index is -0.600. The van der Waals surface area contributed by atoms with Crippen LogP contribution in [0.3, 0.4) is 0 Å². The molecule has 1 aromatic heterocycles. The van der Waals surface area contributed by atoms with Crippen molar-refractivity contribution in [2.24, 2.45) is 5.92 Å². The van der Waals surface area contributed by atoms with E-state index < -0.39 is 11.6 Å². The number of likely N-dealkylation sites (N-methyl/N-ethyl adjacent to an activating group) is 1. The van der Waals surface area contributed by atoms with Gasteiger partial charge in [0.25, 0.3) is 5.91 Å². The van der Waals surface area contributed by atoms with E-state index in [1.54, 1.807) is 24.1 Å². The van der Waals surface area contributed by atoms with Gasteiger partial charge in [0.15, 0.2) is 5.76 Å². The number of rotatable bonds is 7. The van der Waals surface area contributed by atoms with E-state index in [2.05, 4.69) is 36.1 Å². The standard InChI is InChI=1S/C27H30F2N2O2/c1-19-5-3-6-20(15-19)18-31-12-10-21(11-13-31)25(16-22-8-9-23(28)17-24(22)29)30(2)27(32)26-7-4-14-33-26/h3-9,14-15,17,21,25H,10-13,16,18H2,1-2H3/t25-/m0/s1. The SMILES string of the molecule is Cc1cccc(CN2CCC([C@H](Cc3ccc(F)cc3F)N(C)C(=O)c3ccco3)CC2)c1. The van der Waals surface area contributed by atoms with E-state index in [0.29, 0.717) is 12.0 Å². The van der Waals surface area contributed by atoms with Crippen molar-refractivity contribution in [3.8, 4) is 0 Å². The first-order valence-corrected chi connectivity index (χ1v) is 11.4. The summed E-state index contributed by atoms with van der Waals surface area (Å²) in [7, 11) is 1.75. The summed E-state index contributed by atoms with van der Waals surface area (Å²) >= 11 is 0. The molecule has 1 aliphatic rings. The quantitative estimate of drug-likeness (QED) is 0.478. The Morgan fingerprint density at radius 3 is 2.58 bits per heavy atom. The number of carbonyl (C=O) groups is 1. The van der Waals surface area contributed by atoms with Gasteiger partial charge in [0.05, 0.1) is 6.26 Å². The summed E-state index contributed by atoms with van der Waals surface area (Å²) in [6.07, 6.45) is 3.60. The van der Waals surface area contributed by atoms with Crippen LogP contribution in [0.15, 0.2) is 65.3 Å². The summed E-state index contributed by atoms with van der Waals surface area (Å²) in [6, 6.07) is 15.3. The first-order chi connectivity index (χ1) is 15.9. The molecule has 174 valence electrons. The maximum Gasteiger partial charge on any atom is 0.289 e. The first-order valence-electron chi connectivity index (χ1n) is 11.4. The van der Waals surface area contributed by atoms with Gasteiger partial charge in [-0.2, -0.15) is 0 Å². The Labute approximate surface area is 193 Å².